The van der Waals surface area contributed by atoms with Crippen LogP contribution in [0.3, 0.4) is 0 Å². The molecule has 0 heterocycles. The lowest BCUT2D eigenvalue weighted by Crippen LogP contribution is -1.89. The second-order valence-corrected chi connectivity index (χ2v) is 5.17. The molecule has 0 aliphatic rings. The Balaban J connectivity index is 2.48. The molecule has 0 spiro atoms. The summed E-state index contributed by atoms with van der Waals surface area (Å²) in [5.41, 5.74) is 0. The third-order valence-corrected chi connectivity index (χ3v) is 3.36. The monoisotopic (exact) mass is 244 g/mol. The van der Waals surface area contributed by atoms with Crippen LogP contribution in [0.4, 0.5) is 0 Å². The van der Waals surface area contributed by atoms with E-state index in [4.69, 9.17) is 0 Å². The van der Waals surface area contributed by atoms with Crippen LogP contribution in [0.15, 0.2) is 33.6 Å². The van der Waals surface area contributed by atoms with Gasteiger partial charge in [0.05, 0.1) is 0 Å². The van der Waals surface area contributed by atoms with E-state index < -0.39 is 0 Å². The Labute approximate surface area is 86.9 Å². The van der Waals surface area contributed by atoms with Crippen LogP contribution in [0.2, 0.25) is 0 Å². The minimum atomic E-state index is 0.763. The third-order valence-electron chi connectivity index (χ3n) is 1.40. The third kappa shape index (κ3) is 3.63. The van der Waals surface area contributed by atoms with Gasteiger partial charge in [-0.3, -0.25) is 0 Å². The van der Waals surface area contributed by atoms with Crippen molar-refractivity contribution in [2.24, 2.45) is 5.92 Å². The van der Waals surface area contributed by atoms with E-state index in [1.807, 2.05) is 11.8 Å². The number of thioether (sulfide) groups is 1. The number of hydrogen-bond acceptors (Lipinski definition) is 1. The fraction of sp³-hybridized carbons (Fsp3) is 0.400. The van der Waals surface area contributed by atoms with Gasteiger partial charge in [0, 0.05) is 15.1 Å². The second kappa shape index (κ2) is 4.93. The van der Waals surface area contributed by atoms with Crippen LogP contribution in [0, 0.1) is 5.92 Å². The van der Waals surface area contributed by atoms with Gasteiger partial charge >= 0.3 is 0 Å². The molecule has 66 valence electrons. The Morgan fingerprint density at radius 1 is 1.25 bits per heavy atom. The topological polar surface area (TPSA) is 0 Å². The van der Waals surface area contributed by atoms with Gasteiger partial charge in [-0.05, 0) is 30.2 Å². The summed E-state index contributed by atoms with van der Waals surface area (Å²) < 4.78 is 1.15. The lowest BCUT2D eigenvalue weighted by molar-refractivity contribution is 0.750. The van der Waals surface area contributed by atoms with E-state index in [0.717, 1.165) is 10.4 Å². The molecule has 2 heteroatoms. The summed E-state index contributed by atoms with van der Waals surface area (Å²) in [6.07, 6.45) is 0. The van der Waals surface area contributed by atoms with Crippen LogP contribution in [-0.4, -0.2) is 5.75 Å². The average Bonchev–Trinajstić information content (AvgIpc) is 2.03. The fourth-order valence-electron chi connectivity index (χ4n) is 0.794. The number of hydrogen-bond donors (Lipinski definition) is 0. The van der Waals surface area contributed by atoms with Crippen LogP contribution >= 0.6 is 27.7 Å². The maximum Gasteiger partial charge on any atom is 0.0176 e. The van der Waals surface area contributed by atoms with Crippen molar-refractivity contribution < 1.29 is 0 Å². The first kappa shape index (κ1) is 10.1. The summed E-state index contributed by atoms with van der Waals surface area (Å²) in [7, 11) is 0. The normalized spacial score (nSPS) is 10.7. The molecule has 0 aromatic heterocycles. The molecule has 1 aromatic rings. The summed E-state index contributed by atoms with van der Waals surface area (Å²) in [4.78, 5) is 1.35. The van der Waals surface area contributed by atoms with Crippen LogP contribution in [0.1, 0.15) is 13.8 Å². The number of benzene rings is 1. The van der Waals surface area contributed by atoms with Crippen molar-refractivity contribution in [2.45, 2.75) is 18.7 Å². The molecule has 0 nitrogen and oxygen atoms in total. The average molecular weight is 245 g/mol. The zero-order valence-electron chi connectivity index (χ0n) is 7.38. The van der Waals surface area contributed by atoms with Crippen LogP contribution < -0.4 is 0 Å². The molecular formula is C10H13BrS. The number of rotatable bonds is 3. The van der Waals surface area contributed by atoms with Crippen molar-refractivity contribution in [1.29, 1.82) is 0 Å². The van der Waals surface area contributed by atoms with E-state index in [-0.39, 0.29) is 0 Å². The highest BCUT2D eigenvalue weighted by molar-refractivity contribution is 9.10. The van der Waals surface area contributed by atoms with Crippen molar-refractivity contribution >= 4 is 27.7 Å². The molecule has 0 saturated carbocycles. The standard InChI is InChI=1S/C10H13BrS/c1-8(2)7-12-10-5-3-9(11)4-6-10/h3-6,8H,7H2,1-2H3. The molecule has 0 bridgehead atoms. The lowest BCUT2D eigenvalue weighted by Gasteiger charge is -2.03. The molecule has 0 aliphatic carbocycles. The molecule has 0 amide bonds. The molecule has 0 radical (unpaired) electrons. The van der Waals surface area contributed by atoms with Crippen molar-refractivity contribution in [3.63, 3.8) is 0 Å². The smallest absolute Gasteiger partial charge is 0.0176 e. The summed E-state index contributed by atoms with van der Waals surface area (Å²) in [6.45, 7) is 4.48. The second-order valence-electron chi connectivity index (χ2n) is 3.16. The van der Waals surface area contributed by atoms with E-state index in [2.05, 4.69) is 54.0 Å². The molecule has 0 atom stereocenters. The summed E-state index contributed by atoms with van der Waals surface area (Å²) >= 11 is 5.33. The Hall–Kier alpha value is 0.0500. The molecule has 0 unspecified atom stereocenters. The maximum atomic E-state index is 3.42. The highest BCUT2D eigenvalue weighted by Gasteiger charge is 1.96. The molecule has 1 rings (SSSR count). The summed E-state index contributed by atoms with van der Waals surface area (Å²) in [5.74, 6) is 1.96. The Kier molecular flexibility index (Phi) is 4.16. The lowest BCUT2D eigenvalue weighted by atomic mass is 10.3. The van der Waals surface area contributed by atoms with Crippen LogP contribution in [0.25, 0.3) is 0 Å². The molecule has 12 heavy (non-hydrogen) atoms. The molecule has 0 saturated heterocycles. The molecule has 1 aromatic carbocycles. The van der Waals surface area contributed by atoms with Crippen LogP contribution in [0.5, 0.6) is 0 Å². The predicted molar refractivity (Wildman–Crippen MR) is 59.7 cm³/mol. The van der Waals surface area contributed by atoms with Crippen molar-refractivity contribution in [2.75, 3.05) is 5.75 Å². The summed E-state index contributed by atoms with van der Waals surface area (Å²) in [6, 6.07) is 8.47. The van der Waals surface area contributed by atoms with Gasteiger partial charge in [0.15, 0.2) is 0 Å². The Morgan fingerprint density at radius 2 is 1.83 bits per heavy atom. The maximum absolute atomic E-state index is 3.42. The SMILES string of the molecule is CC(C)CSc1ccc(Br)cc1. The minimum absolute atomic E-state index is 0.763. The summed E-state index contributed by atoms with van der Waals surface area (Å²) in [5, 5.41) is 0. The van der Waals surface area contributed by atoms with Crippen molar-refractivity contribution in [1.82, 2.24) is 0 Å². The first-order valence-corrected chi connectivity index (χ1v) is 5.84. The van der Waals surface area contributed by atoms with Gasteiger partial charge in [0.1, 0.15) is 0 Å². The highest BCUT2D eigenvalue weighted by atomic mass is 79.9. The predicted octanol–water partition coefficient (Wildman–Crippen LogP) is 4.20. The van der Waals surface area contributed by atoms with Gasteiger partial charge in [0.2, 0.25) is 0 Å². The van der Waals surface area contributed by atoms with Gasteiger partial charge in [-0.25, -0.2) is 0 Å². The van der Waals surface area contributed by atoms with E-state index in [9.17, 15) is 0 Å². The Morgan fingerprint density at radius 3 is 2.33 bits per heavy atom. The van der Waals surface area contributed by atoms with Gasteiger partial charge in [-0.2, -0.15) is 0 Å². The van der Waals surface area contributed by atoms with Crippen molar-refractivity contribution in [3.05, 3.63) is 28.7 Å². The van der Waals surface area contributed by atoms with Gasteiger partial charge in [-0.15, -0.1) is 11.8 Å². The molecule has 0 aliphatic heterocycles. The first-order valence-electron chi connectivity index (χ1n) is 4.07. The molecule has 0 N–H and O–H groups in total. The first-order chi connectivity index (χ1) is 5.68. The van der Waals surface area contributed by atoms with E-state index in [1.165, 1.54) is 10.6 Å². The van der Waals surface area contributed by atoms with Gasteiger partial charge in [-0.1, -0.05) is 29.8 Å². The Bertz CT molecular complexity index is 228. The minimum Gasteiger partial charge on any atom is -0.126 e. The van der Waals surface area contributed by atoms with E-state index in [0.29, 0.717) is 0 Å². The van der Waals surface area contributed by atoms with E-state index >= 15 is 0 Å². The van der Waals surface area contributed by atoms with E-state index in [1.54, 1.807) is 0 Å². The largest absolute Gasteiger partial charge is 0.126 e. The molecule has 0 fully saturated rings. The zero-order valence-corrected chi connectivity index (χ0v) is 9.78. The molecular weight excluding hydrogens is 232 g/mol. The number of halogens is 1. The van der Waals surface area contributed by atoms with Gasteiger partial charge in [0.25, 0.3) is 0 Å². The van der Waals surface area contributed by atoms with Gasteiger partial charge < -0.3 is 0 Å². The highest BCUT2D eigenvalue weighted by Crippen LogP contribution is 2.22. The zero-order chi connectivity index (χ0) is 8.97. The van der Waals surface area contributed by atoms with Crippen LogP contribution in [-0.2, 0) is 0 Å². The van der Waals surface area contributed by atoms with Crippen molar-refractivity contribution in [3.8, 4) is 0 Å². The fourth-order valence-corrected chi connectivity index (χ4v) is 1.91. The quantitative estimate of drug-likeness (QED) is 0.719.